The van der Waals surface area contributed by atoms with Crippen LogP contribution in [0.5, 0.6) is 0 Å². The summed E-state index contributed by atoms with van der Waals surface area (Å²) in [6, 6.07) is 12.4. The molecular formula is C14H17NO. The first kappa shape index (κ1) is 11.2. The molecule has 0 spiro atoms. The van der Waals surface area contributed by atoms with Gasteiger partial charge in [0.1, 0.15) is 0 Å². The van der Waals surface area contributed by atoms with Crippen LogP contribution in [0.25, 0.3) is 0 Å². The highest BCUT2D eigenvalue weighted by molar-refractivity contribution is 5.24. The van der Waals surface area contributed by atoms with Crippen LogP contribution >= 0.6 is 0 Å². The molecule has 1 aliphatic heterocycles. The molecule has 2 nitrogen and oxygen atoms in total. The molecule has 0 radical (unpaired) electrons. The molecule has 2 rings (SSSR count). The molecule has 0 aromatic heterocycles. The van der Waals surface area contributed by atoms with Crippen molar-refractivity contribution in [3.05, 3.63) is 35.9 Å². The van der Waals surface area contributed by atoms with Crippen LogP contribution in [0.3, 0.4) is 0 Å². The average molecular weight is 215 g/mol. The summed E-state index contributed by atoms with van der Waals surface area (Å²) in [5, 5.41) is 9.15. The maximum absolute atomic E-state index is 9.15. The lowest BCUT2D eigenvalue weighted by molar-refractivity contribution is 0.318. The van der Waals surface area contributed by atoms with Crippen LogP contribution in [0.15, 0.2) is 30.3 Å². The van der Waals surface area contributed by atoms with Gasteiger partial charge < -0.3 is 4.74 Å². The zero-order chi connectivity index (χ0) is 11.6. The minimum Gasteiger partial charge on any atom is -0.367 e. The molecule has 2 atom stereocenters. The molecule has 0 saturated carbocycles. The van der Waals surface area contributed by atoms with E-state index in [-0.39, 0.29) is 11.5 Å². The zero-order valence-electron chi connectivity index (χ0n) is 9.81. The lowest BCUT2D eigenvalue weighted by Gasteiger charge is -2.08. The number of hydrogen-bond acceptors (Lipinski definition) is 2. The van der Waals surface area contributed by atoms with Crippen LogP contribution in [0, 0.1) is 11.3 Å². The Morgan fingerprint density at radius 2 is 2.00 bits per heavy atom. The van der Waals surface area contributed by atoms with Crippen molar-refractivity contribution in [2.45, 2.75) is 44.3 Å². The van der Waals surface area contributed by atoms with Crippen LogP contribution < -0.4 is 0 Å². The van der Waals surface area contributed by atoms with Crippen molar-refractivity contribution in [3.63, 3.8) is 0 Å². The van der Waals surface area contributed by atoms with Gasteiger partial charge in [0.15, 0.2) is 0 Å². The Morgan fingerprint density at radius 3 is 2.50 bits per heavy atom. The van der Waals surface area contributed by atoms with Gasteiger partial charge in [0.05, 0.1) is 23.7 Å². The minimum absolute atomic E-state index is 0.00111. The van der Waals surface area contributed by atoms with Gasteiger partial charge in [-0.05, 0) is 32.3 Å². The van der Waals surface area contributed by atoms with E-state index in [9.17, 15) is 0 Å². The molecule has 1 saturated heterocycles. The van der Waals surface area contributed by atoms with E-state index in [4.69, 9.17) is 10.00 Å². The van der Waals surface area contributed by atoms with E-state index in [1.54, 1.807) is 0 Å². The SMILES string of the molecule is CC1(C)OC1CCC(C#N)c1ccccc1. The smallest absolute Gasteiger partial charge is 0.0892 e. The van der Waals surface area contributed by atoms with Crippen molar-refractivity contribution in [3.8, 4) is 6.07 Å². The standard InChI is InChI=1S/C14H17NO/c1-14(2)13(16-14)9-8-12(10-15)11-6-4-3-5-7-11/h3-7,12-13H,8-9H2,1-2H3. The van der Waals surface area contributed by atoms with Crippen molar-refractivity contribution in [2.75, 3.05) is 0 Å². The van der Waals surface area contributed by atoms with Gasteiger partial charge in [0.25, 0.3) is 0 Å². The lowest BCUT2D eigenvalue weighted by atomic mass is 9.93. The highest BCUT2D eigenvalue weighted by atomic mass is 16.6. The van der Waals surface area contributed by atoms with E-state index in [0.29, 0.717) is 6.10 Å². The first-order chi connectivity index (χ1) is 7.63. The van der Waals surface area contributed by atoms with Crippen molar-refractivity contribution in [2.24, 2.45) is 0 Å². The molecule has 0 aliphatic carbocycles. The maximum atomic E-state index is 9.15. The summed E-state index contributed by atoms with van der Waals surface area (Å²) in [5.74, 6) is 0.00111. The van der Waals surface area contributed by atoms with Crippen molar-refractivity contribution >= 4 is 0 Å². The summed E-state index contributed by atoms with van der Waals surface area (Å²) in [6.07, 6.45) is 2.20. The molecule has 2 unspecified atom stereocenters. The molecule has 0 bridgehead atoms. The molecule has 1 aromatic rings. The van der Waals surface area contributed by atoms with Gasteiger partial charge >= 0.3 is 0 Å². The van der Waals surface area contributed by atoms with Crippen LogP contribution in [0.2, 0.25) is 0 Å². The Balaban J connectivity index is 1.91. The van der Waals surface area contributed by atoms with Gasteiger partial charge in [0.2, 0.25) is 0 Å². The van der Waals surface area contributed by atoms with E-state index in [0.717, 1.165) is 18.4 Å². The molecule has 1 aliphatic rings. The number of nitrogens with zero attached hydrogens (tertiary/aromatic N) is 1. The second-order valence-electron chi connectivity index (χ2n) is 4.88. The van der Waals surface area contributed by atoms with Crippen LogP contribution in [0.1, 0.15) is 38.2 Å². The van der Waals surface area contributed by atoms with E-state index in [2.05, 4.69) is 19.9 Å². The summed E-state index contributed by atoms with van der Waals surface area (Å²) in [7, 11) is 0. The number of hydrogen-bond donors (Lipinski definition) is 0. The fraction of sp³-hybridized carbons (Fsp3) is 0.500. The molecule has 84 valence electrons. The van der Waals surface area contributed by atoms with E-state index in [1.807, 2.05) is 30.3 Å². The first-order valence-electron chi connectivity index (χ1n) is 5.76. The number of epoxide rings is 1. The third-order valence-corrected chi connectivity index (χ3v) is 3.24. The number of rotatable bonds is 4. The number of ether oxygens (including phenoxy) is 1. The second-order valence-corrected chi connectivity index (χ2v) is 4.88. The summed E-state index contributed by atoms with van der Waals surface area (Å²) in [4.78, 5) is 0. The molecule has 2 heteroatoms. The quantitative estimate of drug-likeness (QED) is 0.723. The van der Waals surface area contributed by atoms with Crippen LogP contribution in [0.4, 0.5) is 0 Å². The predicted octanol–water partition coefficient (Wildman–Crippen LogP) is 3.25. The normalized spacial score (nSPS) is 23.4. The monoisotopic (exact) mass is 215 g/mol. The highest BCUT2D eigenvalue weighted by Gasteiger charge is 2.47. The van der Waals surface area contributed by atoms with Gasteiger partial charge in [-0.2, -0.15) is 5.26 Å². The molecule has 0 N–H and O–H groups in total. The summed E-state index contributed by atoms with van der Waals surface area (Å²) in [6.45, 7) is 4.20. The molecule has 0 amide bonds. The van der Waals surface area contributed by atoms with Gasteiger partial charge in [-0.1, -0.05) is 30.3 Å². The highest BCUT2D eigenvalue weighted by Crippen LogP contribution is 2.39. The second kappa shape index (κ2) is 4.27. The van der Waals surface area contributed by atoms with Crippen molar-refractivity contribution < 1.29 is 4.74 Å². The summed E-state index contributed by atoms with van der Waals surface area (Å²) >= 11 is 0. The minimum atomic E-state index is 0.00111. The summed E-state index contributed by atoms with van der Waals surface area (Å²) < 4.78 is 5.53. The van der Waals surface area contributed by atoms with E-state index in [1.165, 1.54) is 0 Å². The van der Waals surface area contributed by atoms with Crippen molar-refractivity contribution in [1.82, 2.24) is 0 Å². The van der Waals surface area contributed by atoms with E-state index < -0.39 is 0 Å². The van der Waals surface area contributed by atoms with Gasteiger partial charge in [-0.3, -0.25) is 0 Å². The Labute approximate surface area is 96.9 Å². The molecule has 16 heavy (non-hydrogen) atoms. The topological polar surface area (TPSA) is 36.3 Å². The van der Waals surface area contributed by atoms with Gasteiger partial charge in [0, 0.05) is 0 Å². The van der Waals surface area contributed by atoms with Crippen LogP contribution in [-0.4, -0.2) is 11.7 Å². The average Bonchev–Trinajstić information content (AvgIpc) is 2.89. The zero-order valence-corrected chi connectivity index (χ0v) is 9.81. The lowest BCUT2D eigenvalue weighted by Crippen LogP contribution is -2.05. The number of benzene rings is 1. The van der Waals surface area contributed by atoms with Gasteiger partial charge in [-0.15, -0.1) is 0 Å². The first-order valence-corrected chi connectivity index (χ1v) is 5.76. The Kier molecular flexibility index (Phi) is 2.98. The Hall–Kier alpha value is -1.33. The molecule has 1 aromatic carbocycles. The third-order valence-electron chi connectivity index (χ3n) is 3.24. The van der Waals surface area contributed by atoms with E-state index >= 15 is 0 Å². The Bertz CT molecular complexity index is 391. The summed E-state index contributed by atoms with van der Waals surface area (Å²) in [5.41, 5.74) is 1.15. The Morgan fingerprint density at radius 1 is 1.38 bits per heavy atom. The van der Waals surface area contributed by atoms with Crippen LogP contribution in [-0.2, 0) is 4.74 Å². The van der Waals surface area contributed by atoms with Gasteiger partial charge in [-0.25, -0.2) is 0 Å². The molecule has 1 fully saturated rings. The van der Waals surface area contributed by atoms with Crippen molar-refractivity contribution in [1.29, 1.82) is 5.26 Å². The molecule has 1 heterocycles. The maximum Gasteiger partial charge on any atom is 0.0892 e. The number of nitriles is 1. The third kappa shape index (κ3) is 2.43. The largest absolute Gasteiger partial charge is 0.367 e. The fourth-order valence-corrected chi connectivity index (χ4v) is 2.05. The predicted molar refractivity (Wildman–Crippen MR) is 63.0 cm³/mol. The molecular weight excluding hydrogens is 198 g/mol. The fourth-order valence-electron chi connectivity index (χ4n) is 2.05.